The van der Waals surface area contributed by atoms with Crippen molar-refractivity contribution in [1.82, 2.24) is 5.32 Å². The summed E-state index contributed by atoms with van der Waals surface area (Å²) < 4.78 is 0. The number of carbonyl (C=O) groups is 1. The lowest BCUT2D eigenvalue weighted by atomic mass is 9.73. The molecule has 1 amide bonds. The molecule has 0 aliphatic heterocycles. The highest BCUT2D eigenvalue weighted by Gasteiger charge is 2.36. The molecule has 2 nitrogen and oxygen atoms in total. The van der Waals surface area contributed by atoms with E-state index in [-0.39, 0.29) is 5.54 Å². The molecule has 0 unspecified atom stereocenters. The Labute approximate surface area is 94.6 Å². The molecular weight excluding hydrogens is 210 g/mol. The minimum absolute atomic E-state index is 0.00950. The molecular formula is C12H14ClNO. The Morgan fingerprint density at radius 1 is 1.33 bits per heavy atom. The van der Waals surface area contributed by atoms with Crippen LogP contribution in [0.15, 0.2) is 24.3 Å². The van der Waals surface area contributed by atoms with E-state index < -0.39 is 0 Å². The molecule has 2 rings (SSSR count). The average molecular weight is 224 g/mol. The molecule has 15 heavy (non-hydrogen) atoms. The third kappa shape index (κ3) is 2.32. The number of hydrogen-bond donors (Lipinski definition) is 1. The van der Waals surface area contributed by atoms with Crippen molar-refractivity contribution in [2.75, 3.05) is 0 Å². The Morgan fingerprint density at radius 3 is 2.47 bits per heavy atom. The maximum Gasteiger partial charge on any atom is 0.207 e. The van der Waals surface area contributed by atoms with Crippen molar-refractivity contribution in [3.05, 3.63) is 34.9 Å². The van der Waals surface area contributed by atoms with E-state index >= 15 is 0 Å². The lowest BCUT2D eigenvalue weighted by molar-refractivity contribution is -0.112. The van der Waals surface area contributed by atoms with Crippen molar-refractivity contribution >= 4 is 18.0 Å². The summed E-state index contributed by atoms with van der Waals surface area (Å²) in [5.41, 5.74) is 1.24. The zero-order valence-electron chi connectivity index (χ0n) is 8.50. The summed E-state index contributed by atoms with van der Waals surface area (Å²) >= 11 is 5.82. The van der Waals surface area contributed by atoms with Gasteiger partial charge >= 0.3 is 0 Å². The molecule has 0 aromatic heterocycles. The fourth-order valence-corrected chi connectivity index (χ4v) is 2.22. The van der Waals surface area contributed by atoms with Gasteiger partial charge in [-0.15, -0.1) is 0 Å². The second-order valence-electron chi connectivity index (χ2n) is 4.20. The van der Waals surface area contributed by atoms with Gasteiger partial charge in [0.1, 0.15) is 0 Å². The van der Waals surface area contributed by atoms with Crippen LogP contribution in [-0.2, 0) is 11.2 Å². The van der Waals surface area contributed by atoms with Gasteiger partial charge in [-0.05, 0) is 43.4 Å². The first-order valence-corrected chi connectivity index (χ1v) is 5.58. The Bertz CT molecular complexity index is 343. The first-order valence-electron chi connectivity index (χ1n) is 5.20. The summed E-state index contributed by atoms with van der Waals surface area (Å²) in [6.07, 6.45) is 5.08. The second-order valence-corrected chi connectivity index (χ2v) is 4.64. The second kappa shape index (κ2) is 4.23. The minimum Gasteiger partial charge on any atom is -0.353 e. The zero-order chi connectivity index (χ0) is 10.7. The number of benzene rings is 1. The van der Waals surface area contributed by atoms with Gasteiger partial charge in [0.25, 0.3) is 0 Å². The van der Waals surface area contributed by atoms with Crippen molar-refractivity contribution in [3.63, 3.8) is 0 Å². The first-order chi connectivity index (χ1) is 7.24. The van der Waals surface area contributed by atoms with Gasteiger partial charge in [-0.2, -0.15) is 0 Å². The largest absolute Gasteiger partial charge is 0.353 e. The number of carbonyl (C=O) groups excluding carboxylic acids is 1. The van der Waals surface area contributed by atoms with Gasteiger partial charge in [0.2, 0.25) is 6.41 Å². The van der Waals surface area contributed by atoms with Gasteiger partial charge in [0.05, 0.1) is 0 Å². The molecule has 0 heterocycles. The van der Waals surface area contributed by atoms with Crippen molar-refractivity contribution in [2.45, 2.75) is 31.2 Å². The normalized spacial score (nSPS) is 17.9. The van der Waals surface area contributed by atoms with Crippen molar-refractivity contribution in [2.24, 2.45) is 0 Å². The number of nitrogens with one attached hydrogen (secondary N) is 1. The van der Waals surface area contributed by atoms with Gasteiger partial charge in [-0.3, -0.25) is 4.79 Å². The van der Waals surface area contributed by atoms with Gasteiger partial charge in [0.15, 0.2) is 0 Å². The Morgan fingerprint density at radius 2 is 2.00 bits per heavy atom. The van der Waals surface area contributed by atoms with Crippen molar-refractivity contribution in [1.29, 1.82) is 0 Å². The molecule has 3 heteroatoms. The Hall–Kier alpha value is -1.02. The maximum absolute atomic E-state index is 10.5. The van der Waals surface area contributed by atoms with E-state index in [9.17, 15) is 4.79 Å². The summed E-state index contributed by atoms with van der Waals surface area (Å²) in [4.78, 5) is 10.5. The molecule has 1 aromatic rings. The lowest BCUT2D eigenvalue weighted by Crippen LogP contribution is -2.52. The molecule has 1 saturated carbocycles. The van der Waals surface area contributed by atoms with Gasteiger partial charge < -0.3 is 5.32 Å². The SMILES string of the molecule is O=CNC1(Cc2ccc(Cl)cc2)CCC1. The molecule has 0 bridgehead atoms. The predicted octanol–water partition coefficient (Wildman–Crippen LogP) is 2.55. The summed E-state index contributed by atoms with van der Waals surface area (Å²) in [5.74, 6) is 0. The summed E-state index contributed by atoms with van der Waals surface area (Å²) in [6.45, 7) is 0. The number of rotatable bonds is 4. The van der Waals surface area contributed by atoms with E-state index in [2.05, 4.69) is 5.32 Å². The van der Waals surface area contributed by atoms with Crippen LogP contribution in [0.25, 0.3) is 0 Å². The summed E-state index contributed by atoms with van der Waals surface area (Å²) in [5, 5.41) is 3.70. The van der Waals surface area contributed by atoms with E-state index in [1.807, 2.05) is 24.3 Å². The average Bonchev–Trinajstić information content (AvgIpc) is 2.18. The Balaban J connectivity index is 2.06. The fourth-order valence-electron chi connectivity index (χ4n) is 2.09. The van der Waals surface area contributed by atoms with Crippen molar-refractivity contribution < 1.29 is 4.79 Å². The third-order valence-electron chi connectivity index (χ3n) is 3.13. The third-order valence-corrected chi connectivity index (χ3v) is 3.38. The van der Waals surface area contributed by atoms with Crippen LogP contribution in [0.4, 0.5) is 0 Å². The lowest BCUT2D eigenvalue weighted by Gasteiger charge is -2.41. The zero-order valence-corrected chi connectivity index (χ0v) is 9.26. The molecule has 1 aromatic carbocycles. The molecule has 0 spiro atoms. The van der Waals surface area contributed by atoms with Gasteiger partial charge in [-0.1, -0.05) is 23.7 Å². The van der Waals surface area contributed by atoms with Crippen LogP contribution in [0.5, 0.6) is 0 Å². The fraction of sp³-hybridized carbons (Fsp3) is 0.417. The van der Waals surface area contributed by atoms with Crippen LogP contribution in [0.1, 0.15) is 24.8 Å². The number of amides is 1. The summed E-state index contributed by atoms with van der Waals surface area (Å²) in [7, 11) is 0. The monoisotopic (exact) mass is 223 g/mol. The van der Waals surface area contributed by atoms with E-state index in [0.717, 1.165) is 30.7 Å². The van der Waals surface area contributed by atoms with Crippen LogP contribution >= 0.6 is 11.6 Å². The van der Waals surface area contributed by atoms with Crippen LogP contribution in [0.3, 0.4) is 0 Å². The molecule has 0 atom stereocenters. The smallest absolute Gasteiger partial charge is 0.207 e. The predicted molar refractivity (Wildman–Crippen MR) is 60.9 cm³/mol. The molecule has 0 saturated heterocycles. The van der Waals surface area contributed by atoms with Gasteiger partial charge in [-0.25, -0.2) is 0 Å². The van der Waals surface area contributed by atoms with E-state index in [4.69, 9.17) is 11.6 Å². The molecule has 1 aliphatic carbocycles. The van der Waals surface area contributed by atoms with E-state index in [1.165, 1.54) is 12.0 Å². The quantitative estimate of drug-likeness (QED) is 0.781. The number of halogens is 1. The van der Waals surface area contributed by atoms with E-state index in [1.54, 1.807) is 0 Å². The topological polar surface area (TPSA) is 29.1 Å². The van der Waals surface area contributed by atoms with Crippen LogP contribution in [0.2, 0.25) is 5.02 Å². The first kappa shape index (κ1) is 10.5. The van der Waals surface area contributed by atoms with Crippen molar-refractivity contribution in [3.8, 4) is 0 Å². The molecule has 1 N–H and O–H groups in total. The highest BCUT2D eigenvalue weighted by atomic mass is 35.5. The highest BCUT2D eigenvalue weighted by molar-refractivity contribution is 6.30. The maximum atomic E-state index is 10.5. The Kier molecular flexibility index (Phi) is 2.96. The summed E-state index contributed by atoms with van der Waals surface area (Å²) in [6, 6.07) is 7.83. The molecule has 1 aliphatic rings. The van der Waals surface area contributed by atoms with Crippen LogP contribution in [-0.4, -0.2) is 11.9 Å². The highest BCUT2D eigenvalue weighted by Crippen LogP contribution is 2.34. The molecule has 1 fully saturated rings. The molecule has 80 valence electrons. The minimum atomic E-state index is 0.00950. The molecule has 0 radical (unpaired) electrons. The van der Waals surface area contributed by atoms with Crippen LogP contribution in [0, 0.1) is 0 Å². The van der Waals surface area contributed by atoms with E-state index in [0.29, 0.717) is 0 Å². The standard InChI is InChI=1S/C12H14ClNO/c13-11-4-2-10(3-5-11)8-12(14-9-15)6-1-7-12/h2-5,9H,1,6-8H2,(H,14,15). The van der Waals surface area contributed by atoms with Gasteiger partial charge in [0, 0.05) is 10.6 Å². The van der Waals surface area contributed by atoms with Crippen LogP contribution < -0.4 is 5.32 Å². The number of hydrogen-bond acceptors (Lipinski definition) is 1.